The van der Waals surface area contributed by atoms with E-state index in [1.807, 2.05) is 39.0 Å². The summed E-state index contributed by atoms with van der Waals surface area (Å²) in [6.45, 7) is 5.89. The van der Waals surface area contributed by atoms with Crippen molar-refractivity contribution in [2.75, 3.05) is 11.5 Å². The Bertz CT molecular complexity index is 1300. The second-order valence-corrected chi connectivity index (χ2v) is 9.44. The summed E-state index contributed by atoms with van der Waals surface area (Å²) in [5.74, 6) is 0.864. The van der Waals surface area contributed by atoms with Crippen molar-refractivity contribution in [2.45, 2.75) is 50.9 Å². The molecule has 1 atom stereocenters. The number of nitrogens with zero attached hydrogens (tertiary/aromatic N) is 2. The first kappa shape index (κ1) is 23.2. The minimum atomic E-state index is -4.58. The lowest BCUT2D eigenvalue weighted by Crippen LogP contribution is -2.50. The SMILES string of the molecule is CCOc1ccc2c(c1)OC(C)(C)CC21C(=O)N(Cc2ncccc2C(F)(F)F)c2ccccc21. The van der Waals surface area contributed by atoms with E-state index in [1.54, 1.807) is 24.3 Å². The Hall–Kier alpha value is -3.55. The van der Waals surface area contributed by atoms with Crippen molar-refractivity contribution in [3.63, 3.8) is 0 Å². The van der Waals surface area contributed by atoms with Gasteiger partial charge in [-0.15, -0.1) is 0 Å². The average molecular weight is 483 g/mol. The van der Waals surface area contributed by atoms with Crippen LogP contribution < -0.4 is 14.4 Å². The van der Waals surface area contributed by atoms with Gasteiger partial charge in [-0.2, -0.15) is 13.2 Å². The van der Waals surface area contributed by atoms with Crippen LogP contribution in [0.2, 0.25) is 0 Å². The number of hydrogen-bond acceptors (Lipinski definition) is 4. The predicted octanol–water partition coefficient (Wildman–Crippen LogP) is 5.89. The fourth-order valence-corrected chi connectivity index (χ4v) is 5.35. The maximum Gasteiger partial charge on any atom is 0.418 e. The fourth-order valence-electron chi connectivity index (χ4n) is 5.35. The highest BCUT2D eigenvalue weighted by atomic mass is 19.4. The molecule has 0 radical (unpaired) electrons. The van der Waals surface area contributed by atoms with Crippen LogP contribution in [0.15, 0.2) is 60.8 Å². The molecule has 2 aliphatic heterocycles. The minimum Gasteiger partial charge on any atom is -0.494 e. The van der Waals surface area contributed by atoms with Gasteiger partial charge in [-0.05, 0) is 50.6 Å². The smallest absolute Gasteiger partial charge is 0.418 e. The molecular weight excluding hydrogens is 457 g/mol. The third-order valence-corrected chi connectivity index (χ3v) is 6.57. The number of benzene rings is 2. The Balaban J connectivity index is 1.67. The van der Waals surface area contributed by atoms with Gasteiger partial charge in [0.1, 0.15) is 22.5 Å². The number of carbonyl (C=O) groups is 1. The zero-order valence-electron chi connectivity index (χ0n) is 19.6. The van der Waals surface area contributed by atoms with Gasteiger partial charge in [0, 0.05) is 29.9 Å². The molecule has 0 bridgehead atoms. The molecule has 35 heavy (non-hydrogen) atoms. The molecule has 8 heteroatoms. The highest BCUT2D eigenvalue weighted by Crippen LogP contribution is 2.56. The van der Waals surface area contributed by atoms with Crippen molar-refractivity contribution in [1.82, 2.24) is 4.98 Å². The van der Waals surface area contributed by atoms with Crippen LogP contribution >= 0.6 is 0 Å². The van der Waals surface area contributed by atoms with Crippen molar-refractivity contribution < 1.29 is 27.4 Å². The summed E-state index contributed by atoms with van der Waals surface area (Å²) in [5, 5.41) is 0. The Kier molecular flexibility index (Phi) is 5.30. The lowest BCUT2D eigenvalue weighted by molar-refractivity contribution is -0.138. The van der Waals surface area contributed by atoms with Crippen LogP contribution in [0.25, 0.3) is 0 Å². The minimum absolute atomic E-state index is 0.196. The summed E-state index contributed by atoms with van der Waals surface area (Å²) in [4.78, 5) is 19.7. The molecule has 5 rings (SSSR count). The van der Waals surface area contributed by atoms with Gasteiger partial charge in [0.15, 0.2) is 0 Å². The molecule has 0 N–H and O–H groups in total. The number of alkyl halides is 3. The molecule has 0 saturated heterocycles. The van der Waals surface area contributed by atoms with Crippen molar-refractivity contribution in [2.24, 2.45) is 0 Å². The van der Waals surface area contributed by atoms with Crippen LogP contribution in [0.5, 0.6) is 11.5 Å². The molecule has 3 aromatic rings. The van der Waals surface area contributed by atoms with Gasteiger partial charge in [0.25, 0.3) is 0 Å². The number of amides is 1. The van der Waals surface area contributed by atoms with Crippen LogP contribution in [0.1, 0.15) is 49.6 Å². The van der Waals surface area contributed by atoms with Crippen LogP contribution in [0.3, 0.4) is 0 Å². The van der Waals surface area contributed by atoms with Crippen molar-refractivity contribution in [3.8, 4) is 11.5 Å². The molecule has 2 aliphatic rings. The van der Waals surface area contributed by atoms with Gasteiger partial charge in [0.05, 0.1) is 24.4 Å². The third-order valence-electron chi connectivity index (χ3n) is 6.57. The molecule has 1 unspecified atom stereocenters. The standard InChI is InChI=1S/C27H25F3N2O3/c1-4-34-17-11-12-20-23(14-17)35-25(2,3)16-26(20)19-8-5-6-10-22(19)32(24(26)33)15-21-18(27(28,29)30)9-7-13-31-21/h5-14H,4,15-16H2,1-3H3. The zero-order valence-corrected chi connectivity index (χ0v) is 19.6. The summed E-state index contributed by atoms with van der Waals surface area (Å²) in [6.07, 6.45) is -2.93. The van der Waals surface area contributed by atoms with Gasteiger partial charge < -0.3 is 14.4 Å². The van der Waals surface area contributed by atoms with Crippen molar-refractivity contribution >= 4 is 11.6 Å². The highest BCUT2D eigenvalue weighted by Gasteiger charge is 2.58. The Labute approximate surface area is 201 Å². The number of halogens is 3. The number of ether oxygens (including phenoxy) is 2. The van der Waals surface area contributed by atoms with E-state index < -0.39 is 22.8 Å². The summed E-state index contributed by atoms with van der Waals surface area (Å²) in [7, 11) is 0. The zero-order chi connectivity index (χ0) is 25.0. The number of pyridine rings is 1. The molecule has 182 valence electrons. The molecule has 0 saturated carbocycles. The molecule has 1 amide bonds. The number of carbonyl (C=O) groups excluding carboxylic acids is 1. The van der Waals surface area contributed by atoms with Crippen molar-refractivity contribution in [3.05, 3.63) is 83.2 Å². The normalized spacial score (nSPS) is 20.4. The van der Waals surface area contributed by atoms with Gasteiger partial charge in [0.2, 0.25) is 5.91 Å². The Morgan fingerprint density at radius 1 is 1.09 bits per heavy atom. The first-order valence-corrected chi connectivity index (χ1v) is 11.5. The Morgan fingerprint density at radius 2 is 1.86 bits per heavy atom. The maximum atomic E-state index is 14.3. The molecule has 0 fully saturated rings. The van der Waals surface area contributed by atoms with E-state index in [2.05, 4.69) is 4.98 Å². The second-order valence-electron chi connectivity index (χ2n) is 9.44. The summed E-state index contributed by atoms with van der Waals surface area (Å²) in [5.41, 5.74) is -0.856. The average Bonchev–Trinajstić information content (AvgIpc) is 3.01. The first-order chi connectivity index (χ1) is 16.6. The molecular formula is C27H25F3N2O3. The van der Waals surface area contributed by atoms with Crippen LogP contribution in [0, 0.1) is 0 Å². The van der Waals surface area contributed by atoms with E-state index >= 15 is 0 Å². The van der Waals surface area contributed by atoms with E-state index in [0.717, 1.165) is 11.6 Å². The lowest BCUT2D eigenvalue weighted by Gasteiger charge is -2.43. The van der Waals surface area contributed by atoms with Crippen LogP contribution in [-0.2, 0) is 22.9 Å². The number of rotatable bonds is 4. The van der Waals surface area contributed by atoms with Crippen LogP contribution in [-0.4, -0.2) is 23.1 Å². The van der Waals surface area contributed by atoms with Crippen molar-refractivity contribution in [1.29, 1.82) is 0 Å². The summed E-state index contributed by atoms with van der Waals surface area (Å²) >= 11 is 0. The largest absolute Gasteiger partial charge is 0.494 e. The molecule has 1 spiro atoms. The maximum absolute atomic E-state index is 14.3. The monoisotopic (exact) mass is 482 g/mol. The molecule has 3 heterocycles. The first-order valence-electron chi connectivity index (χ1n) is 11.5. The number of fused-ring (bicyclic) bond motifs is 4. The molecule has 2 aromatic carbocycles. The van der Waals surface area contributed by atoms with E-state index in [0.29, 0.717) is 35.8 Å². The molecule has 5 nitrogen and oxygen atoms in total. The molecule has 1 aromatic heterocycles. The number of hydrogen-bond donors (Lipinski definition) is 0. The number of para-hydroxylation sites is 1. The predicted molar refractivity (Wildman–Crippen MR) is 125 cm³/mol. The number of aromatic nitrogens is 1. The van der Waals surface area contributed by atoms with E-state index in [9.17, 15) is 18.0 Å². The van der Waals surface area contributed by atoms with Gasteiger partial charge in [-0.3, -0.25) is 9.78 Å². The van der Waals surface area contributed by atoms with Gasteiger partial charge >= 0.3 is 6.18 Å². The third kappa shape index (κ3) is 3.72. The van der Waals surface area contributed by atoms with Crippen LogP contribution in [0.4, 0.5) is 18.9 Å². The number of anilines is 1. The summed E-state index contributed by atoms with van der Waals surface area (Å²) < 4.78 is 53.0. The highest BCUT2D eigenvalue weighted by molar-refractivity contribution is 6.11. The Morgan fingerprint density at radius 3 is 2.60 bits per heavy atom. The summed E-state index contributed by atoms with van der Waals surface area (Å²) in [6, 6.07) is 14.9. The van der Waals surface area contributed by atoms with E-state index in [-0.39, 0.29) is 18.1 Å². The lowest BCUT2D eigenvalue weighted by atomic mass is 9.67. The topological polar surface area (TPSA) is 51.7 Å². The van der Waals surface area contributed by atoms with Gasteiger partial charge in [-0.25, -0.2) is 0 Å². The molecule has 0 aliphatic carbocycles. The second kappa shape index (κ2) is 8.00. The van der Waals surface area contributed by atoms with E-state index in [1.165, 1.54) is 17.2 Å². The quantitative estimate of drug-likeness (QED) is 0.465. The van der Waals surface area contributed by atoms with Gasteiger partial charge in [-0.1, -0.05) is 24.3 Å². The van der Waals surface area contributed by atoms with E-state index in [4.69, 9.17) is 9.47 Å². The fraction of sp³-hybridized carbons (Fsp3) is 0.333.